The molecule has 1 amide bonds. The van der Waals surface area contributed by atoms with Gasteiger partial charge in [0, 0.05) is 23.7 Å². The summed E-state index contributed by atoms with van der Waals surface area (Å²) >= 11 is 5.90. The molecular weight excluding hydrogens is 317 g/mol. The Hall–Kier alpha value is -2.58. The fourth-order valence-corrected chi connectivity index (χ4v) is 2.18. The lowest BCUT2D eigenvalue weighted by atomic mass is 10.2. The molecule has 118 valence electrons. The number of amides is 1. The van der Waals surface area contributed by atoms with Crippen molar-refractivity contribution in [2.24, 2.45) is 0 Å². The fraction of sp³-hybridized carbons (Fsp3) is 0.176. The third kappa shape index (κ3) is 4.97. The number of carbonyl (C=O) groups is 1. The lowest BCUT2D eigenvalue weighted by Crippen LogP contribution is -2.25. The quantitative estimate of drug-likeness (QED) is 0.795. The molecule has 0 unspecified atom stereocenters. The highest BCUT2D eigenvalue weighted by molar-refractivity contribution is 6.30. The van der Waals surface area contributed by atoms with E-state index in [1.165, 1.54) is 18.2 Å². The van der Waals surface area contributed by atoms with E-state index in [0.29, 0.717) is 41.3 Å². The summed E-state index contributed by atoms with van der Waals surface area (Å²) in [6.07, 6.45) is 0.651. The zero-order valence-electron chi connectivity index (χ0n) is 12.3. The van der Waals surface area contributed by atoms with Crippen LogP contribution in [0.1, 0.15) is 22.3 Å². The summed E-state index contributed by atoms with van der Waals surface area (Å²) in [5, 5.41) is 15.4. The third-order valence-electron chi connectivity index (χ3n) is 3.14. The topological polar surface area (TPSA) is 64.9 Å². The van der Waals surface area contributed by atoms with Crippen molar-refractivity contribution in [3.05, 3.63) is 64.4 Å². The molecule has 0 spiro atoms. The zero-order chi connectivity index (χ0) is 16.7. The van der Waals surface area contributed by atoms with Gasteiger partial charge in [0.15, 0.2) is 0 Å². The van der Waals surface area contributed by atoms with Gasteiger partial charge < -0.3 is 10.6 Å². The van der Waals surface area contributed by atoms with E-state index in [9.17, 15) is 9.18 Å². The number of nitrogens with one attached hydrogen (secondary N) is 2. The van der Waals surface area contributed by atoms with Gasteiger partial charge in [0.2, 0.25) is 0 Å². The molecule has 0 saturated carbocycles. The number of halogens is 2. The van der Waals surface area contributed by atoms with Crippen LogP contribution in [0.4, 0.5) is 10.1 Å². The molecule has 0 bridgehead atoms. The van der Waals surface area contributed by atoms with Gasteiger partial charge in [-0.3, -0.25) is 4.79 Å². The largest absolute Gasteiger partial charge is 0.384 e. The predicted molar refractivity (Wildman–Crippen MR) is 88.0 cm³/mol. The number of carbonyl (C=O) groups excluding carboxylic acids is 1. The van der Waals surface area contributed by atoms with Crippen LogP contribution in [0.5, 0.6) is 0 Å². The first-order valence-electron chi connectivity index (χ1n) is 7.07. The monoisotopic (exact) mass is 331 g/mol. The summed E-state index contributed by atoms with van der Waals surface area (Å²) in [5.74, 6) is -0.755. The minimum Gasteiger partial charge on any atom is -0.384 e. The molecule has 2 rings (SSSR count). The molecule has 4 nitrogen and oxygen atoms in total. The first-order valence-corrected chi connectivity index (χ1v) is 7.45. The van der Waals surface area contributed by atoms with Crippen LogP contribution in [-0.2, 0) is 0 Å². The van der Waals surface area contributed by atoms with Gasteiger partial charge >= 0.3 is 0 Å². The Morgan fingerprint density at radius 2 is 2.04 bits per heavy atom. The summed E-state index contributed by atoms with van der Waals surface area (Å²) in [4.78, 5) is 11.8. The maximum atomic E-state index is 13.0. The Bertz CT molecular complexity index is 743. The van der Waals surface area contributed by atoms with E-state index in [0.717, 1.165) is 0 Å². The van der Waals surface area contributed by atoms with Crippen LogP contribution in [-0.4, -0.2) is 19.0 Å². The second-order valence-corrected chi connectivity index (χ2v) is 5.28. The van der Waals surface area contributed by atoms with Crippen LogP contribution in [0.25, 0.3) is 0 Å². The van der Waals surface area contributed by atoms with Crippen LogP contribution in [0.2, 0.25) is 5.02 Å². The van der Waals surface area contributed by atoms with E-state index in [1.54, 1.807) is 24.3 Å². The Morgan fingerprint density at radius 1 is 1.22 bits per heavy atom. The highest BCUT2D eigenvalue weighted by atomic mass is 35.5. The van der Waals surface area contributed by atoms with Crippen LogP contribution < -0.4 is 10.6 Å². The van der Waals surface area contributed by atoms with E-state index >= 15 is 0 Å². The summed E-state index contributed by atoms with van der Waals surface area (Å²) in [7, 11) is 0. The van der Waals surface area contributed by atoms with E-state index in [4.69, 9.17) is 16.9 Å². The number of anilines is 1. The molecule has 0 saturated heterocycles. The maximum absolute atomic E-state index is 13.0. The third-order valence-corrected chi connectivity index (χ3v) is 3.38. The Balaban J connectivity index is 1.77. The first kappa shape index (κ1) is 16.8. The van der Waals surface area contributed by atoms with Crippen molar-refractivity contribution in [1.29, 1.82) is 5.26 Å². The molecule has 0 heterocycles. The molecular formula is C17H15ClFN3O. The molecule has 2 aromatic carbocycles. The highest BCUT2D eigenvalue weighted by Gasteiger charge is 2.06. The lowest BCUT2D eigenvalue weighted by Gasteiger charge is -2.09. The van der Waals surface area contributed by atoms with Crippen LogP contribution in [0, 0.1) is 17.1 Å². The minimum absolute atomic E-state index is 0.291. The zero-order valence-corrected chi connectivity index (χ0v) is 13.0. The van der Waals surface area contributed by atoms with Crippen LogP contribution in [0.3, 0.4) is 0 Å². The number of nitrogens with zero attached hydrogens (tertiary/aromatic N) is 1. The van der Waals surface area contributed by atoms with E-state index in [1.807, 2.05) is 0 Å². The van der Waals surface area contributed by atoms with E-state index < -0.39 is 5.82 Å². The van der Waals surface area contributed by atoms with Gasteiger partial charge in [-0.1, -0.05) is 17.7 Å². The number of benzene rings is 2. The standard InChI is InChI=1S/C17H15ClFN3O/c18-14-6-5-13(11-20)16(10-14)21-7-2-8-22-17(23)12-3-1-4-15(19)9-12/h1,3-6,9-10,21H,2,7-8H2,(H,22,23). The average molecular weight is 332 g/mol. The molecule has 0 aliphatic heterocycles. The van der Waals surface area contributed by atoms with E-state index in [2.05, 4.69) is 16.7 Å². The Morgan fingerprint density at radius 3 is 2.78 bits per heavy atom. The van der Waals surface area contributed by atoms with Gasteiger partial charge in [0.05, 0.1) is 11.3 Å². The number of hydrogen-bond acceptors (Lipinski definition) is 3. The predicted octanol–water partition coefficient (Wildman–Crippen LogP) is 3.58. The second-order valence-electron chi connectivity index (χ2n) is 4.85. The number of hydrogen-bond donors (Lipinski definition) is 2. The van der Waals surface area contributed by atoms with Crippen molar-refractivity contribution < 1.29 is 9.18 Å². The molecule has 0 fully saturated rings. The van der Waals surface area contributed by atoms with Gasteiger partial charge in [0.1, 0.15) is 11.9 Å². The summed E-state index contributed by atoms with van der Waals surface area (Å²) in [6, 6.07) is 12.6. The van der Waals surface area contributed by atoms with Crippen molar-refractivity contribution in [1.82, 2.24) is 5.32 Å². The Kier molecular flexibility index (Phi) is 5.95. The molecule has 0 aliphatic rings. The molecule has 23 heavy (non-hydrogen) atoms. The van der Waals surface area contributed by atoms with Crippen LogP contribution >= 0.6 is 11.6 Å². The van der Waals surface area contributed by atoms with Gasteiger partial charge in [-0.2, -0.15) is 5.26 Å². The summed E-state index contributed by atoms with van der Waals surface area (Å²) in [5.41, 5.74) is 1.47. The van der Waals surface area contributed by atoms with Crippen molar-refractivity contribution in [2.45, 2.75) is 6.42 Å². The van der Waals surface area contributed by atoms with Crippen molar-refractivity contribution >= 4 is 23.2 Å². The number of rotatable bonds is 6. The van der Waals surface area contributed by atoms with Crippen molar-refractivity contribution in [2.75, 3.05) is 18.4 Å². The Labute approximate surface area is 138 Å². The van der Waals surface area contributed by atoms with Gasteiger partial charge in [0.25, 0.3) is 5.91 Å². The van der Waals surface area contributed by atoms with E-state index in [-0.39, 0.29) is 5.91 Å². The second kappa shape index (κ2) is 8.16. The fourth-order valence-electron chi connectivity index (χ4n) is 2.01. The van der Waals surface area contributed by atoms with Gasteiger partial charge in [-0.05, 0) is 42.8 Å². The van der Waals surface area contributed by atoms with Crippen molar-refractivity contribution in [3.63, 3.8) is 0 Å². The highest BCUT2D eigenvalue weighted by Crippen LogP contribution is 2.20. The first-order chi connectivity index (χ1) is 11.1. The van der Waals surface area contributed by atoms with Gasteiger partial charge in [-0.15, -0.1) is 0 Å². The van der Waals surface area contributed by atoms with Crippen molar-refractivity contribution in [3.8, 4) is 6.07 Å². The molecule has 2 N–H and O–H groups in total. The molecule has 0 radical (unpaired) electrons. The lowest BCUT2D eigenvalue weighted by molar-refractivity contribution is 0.0953. The van der Waals surface area contributed by atoms with Crippen LogP contribution in [0.15, 0.2) is 42.5 Å². The molecule has 0 aromatic heterocycles. The number of nitriles is 1. The average Bonchev–Trinajstić information content (AvgIpc) is 2.54. The SMILES string of the molecule is N#Cc1ccc(Cl)cc1NCCCNC(=O)c1cccc(F)c1. The summed E-state index contributed by atoms with van der Waals surface area (Å²) in [6.45, 7) is 1.00. The minimum atomic E-state index is -0.440. The smallest absolute Gasteiger partial charge is 0.251 e. The molecule has 0 atom stereocenters. The molecule has 0 aliphatic carbocycles. The normalized spacial score (nSPS) is 9.96. The maximum Gasteiger partial charge on any atom is 0.251 e. The summed E-state index contributed by atoms with van der Waals surface area (Å²) < 4.78 is 13.0. The molecule has 6 heteroatoms. The molecule has 2 aromatic rings. The van der Waals surface area contributed by atoms with Gasteiger partial charge in [-0.25, -0.2) is 4.39 Å².